The van der Waals surface area contributed by atoms with Gasteiger partial charge < -0.3 is 10.6 Å². The van der Waals surface area contributed by atoms with Gasteiger partial charge in [-0.25, -0.2) is 0 Å². The molecular formula is C20H23F3N6S. The van der Waals surface area contributed by atoms with E-state index in [1.54, 1.807) is 13.1 Å². The number of anilines is 1. The Labute approximate surface area is 178 Å². The molecule has 0 aliphatic rings. The standard InChI is InChI=1S/C20H23F3N6S/c1-14-4-6-16(7-5-14)12-28-13-17(11-25-28)26-19(30)24-8-3-9-29-15(2)10-18(27-29)20(21,22)23/h4-7,10-11,13H,3,8-9,12H2,1-2H3,(H2,24,26,30). The second kappa shape index (κ2) is 9.29. The van der Waals surface area contributed by atoms with Crippen LogP contribution in [0.2, 0.25) is 0 Å². The average Bonchev–Trinajstić information content (AvgIpc) is 3.27. The zero-order chi connectivity index (χ0) is 21.7. The molecule has 10 heteroatoms. The Balaban J connectivity index is 1.41. The molecule has 0 unspecified atom stereocenters. The molecular weight excluding hydrogens is 413 g/mol. The summed E-state index contributed by atoms with van der Waals surface area (Å²) in [4.78, 5) is 0. The number of halogens is 3. The van der Waals surface area contributed by atoms with Crippen molar-refractivity contribution in [1.29, 1.82) is 0 Å². The van der Waals surface area contributed by atoms with Crippen LogP contribution in [0.1, 0.15) is 28.9 Å². The molecule has 0 fully saturated rings. The largest absolute Gasteiger partial charge is 0.435 e. The lowest BCUT2D eigenvalue weighted by Crippen LogP contribution is -2.29. The lowest BCUT2D eigenvalue weighted by Gasteiger charge is -2.09. The van der Waals surface area contributed by atoms with Gasteiger partial charge in [0.15, 0.2) is 10.8 Å². The van der Waals surface area contributed by atoms with Crippen molar-refractivity contribution >= 4 is 23.0 Å². The van der Waals surface area contributed by atoms with Gasteiger partial charge in [-0.2, -0.15) is 23.4 Å². The van der Waals surface area contributed by atoms with Crippen molar-refractivity contribution in [3.8, 4) is 0 Å². The van der Waals surface area contributed by atoms with E-state index in [1.165, 1.54) is 10.2 Å². The molecule has 2 heterocycles. The summed E-state index contributed by atoms with van der Waals surface area (Å²) in [6.07, 6.45) is -0.300. The van der Waals surface area contributed by atoms with E-state index in [-0.39, 0.29) is 0 Å². The molecule has 0 saturated carbocycles. The third-order valence-corrected chi connectivity index (χ3v) is 4.71. The van der Waals surface area contributed by atoms with Crippen LogP contribution in [0.5, 0.6) is 0 Å². The maximum atomic E-state index is 12.7. The maximum Gasteiger partial charge on any atom is 0.435 e. The first-order valence-corrected chi connectivity index (χ1v) is 9.86. The molecule has 0 spiro atoms. The molecule has 2 aromatic heterocycles. The summed E-state index contributed by atoms with van der Waals surface area (Å²) in [5.41, 5.74) is 2.73. The number of hydrogen-bond acceptors (Lipinski definition) is 3. The van der Waals surface area contributed by atoms with Crippen molar-refractivity contribution in [3.05, 3.63) is 65.2 Å². The molecule has 0 amide bonds. The van der Waals surface area contributed by atoms with Gasteiger partial charge >= 0.3 is 6.18 Å². The lowest BCUT2D eigenvalue weighted by atomic mass is 10.1. The first-order chi connectivity index (χ1) is 14.2. The first kappa shape index (κ1) is 21.8. The monoisotopic (exact) mass is 436 g/mol. The fourth-order valence-corrected chi connectivity index (χ4v) is 3.10. The van der Waals surface area contributed by atoms with Crippen molar-refractivity contribution in [2.45, 2.75) is 39.5 Å². The fourth-order valence-electron chi connectivity index (χ4n) is 2.88. The molecule has 0 radical (unpaired) electrons. The number of alkyl halides is 3. The van der Waals surface area contributed by atoms with E-state index in [9.17, 15) is 13.2 Å². The second-order valence-electron chi connectivity index (χ2n) is 7.04. The molecule has 0 atom stereocenters. The maximum absolute atomic E-state index is 12.7. The van der Waals surface area contributed by atoms with E-state index in [4.69, 9.17) is 12.2 Å². The van der Waals surface area contributed by atoms with E-state index in [0.29, 0.717) is 36.9 Å². The van der Waals surface area contributed by atoms with Crippen LogP contribution in [0.25, 0.3) is 0 Å². The van der Waals surface area contributed by atoms with Crippen LogP contribution in [0.4, 0.5) is 18.9 Å². The summed E-state index contributed by atoms with van der Waals surface area (Å²) in [6, 6.07) is 9.30. The average molecular weight is 437 g/mol. The van der Waals surface area contributed by atoms with Gasteiger partial charge in [-0.1, -0.05) is 29.8 Å². The molecule has 6 nitrogen and oxygen atoms in total. The number of thiocarbonyl (C=S) groups is 1. The van der Waals surface area contributed by atoms with E-state index in [1.807, 2.05) is 17.8 Å². The van der Waals surface area contributed by atoms with Crippen LogP contribution in [0.3, 0.4) is 0 Å². The molecule has 30 heavy (non-hydrogen) atoms. The van der Waals surface area contributed by atoms with Crippen LogP contribution >= 0.6 is 12.2 Å². The van der Waals surface area contributed by atoms with E-state index in [0.717, 1.165) is 17.3 Å². The van der Waals surface area contributed by atoms with Gasteiger partial charge in [0, 0.05) is 25.0 Å². The Morgan fingerprint density at radius 1 is 1.17 bits per heavy atom. The van der Waals surface area contributed by atoms with Crippen LogP contribution in [0.15, 0.2) is 42.7 Å². The predicted molar refractivity (Wildman–Crippen MR) is 113 cm³/mol. The smallest absolute Gasteiger partial charge is 0.362 e. The molecule has 3 rings (SSSR count). The summed E-state index contributed by atoms with van der Waals surface area (Å²) in [5.74, 6) is 0. The minimum atomic E-state index is -4.43. The highest BCUT2D eigenvalue weighted by Gasteiger charge is 2.34. The molecule has 3 aromatic rings. The van der Waals surface area contributed by atoms with Crippen molar-refractivity contribution < 1.29 is 13.2 Å². The molecule has 0 bridgehead atoms. The summed E-state index contributed by atoms with van der Waals surface area (Å²) < 4.78 is 41.3. The third-order valence-electron chi connectivity index (χ3n) is 4.46. The summed E-state index contributed by atoms with van der Waals surface area (Å²) in [6.45, 7) is 5.18. The fraction of sp³-hybridized carbons (Fsp3) is 0.350. The number of benzene rings is 1. The van der Waals surface area contributed by atoms with Crippen molar-refractivity contribution in [2.75, 3.05) is 11.9 Å². The molecule has 1 aromatic carbocycles. The number of nitrogens with zero attached hydrogens (tertiary/aromatic N) is 4. The number of aryl methyl sites for hydroxylation is 3. The minimum Gasteiger partial charge on any atom is -0.362 e. The van der Waals surface area contributed by atoms with E-state index < -0.39 is 11.9 Å². The van der Waals surface area contributed by atoms with Gasteiger partial charge in [0.05, 0.1) is 18.4 Å². The van der Waals surface area contributed by atoms with Crippen LogP contribution in [0, 0.1) is 13.8 Å². The van der Waals surface area contributed by atoms with Gasteiger partial charge in [-0.15, -0.1) is 0 Å². The molecule has 0 aliphatic carbocycles. The van der Waals surface area contributed by atoms with E-state index in [2.05, 4.69) is 45.1 Å². The minimum absolute atomic E-state index is 0.367. The van der Waals surface area contributed by atoms with Gasteiger partial charge in [-0.3, -0.25) is 9.36 Å². The molecule has 160 valence electrons. The number of rotatable bonds is 7. The first-order valence-electron chi connectivity index (χ1n) is 9.45. The van der Waals surface area contributed by atoms with Gasteiger partial charge in [-0.05, 0) is 44.1 Å². The Morgan fingerprint density at radius 2 is 1.90 bits per heavy atom. The van der Waals surface area contributed by atoms with Gasteiger partial charge in [0.25, 0.3) is 0 Å². The van der Waals surface area contributed by atoms with Gasteiger partial charge in [0.2, 0.25) is 0 Å². The Morgan fingerprint density at radius 3 is 2.57 bits per heavy atom. The Bertz CT molecular complexity index is 991. The highest BCUT2D eigenvalue weighted by atomic mass is 32.1. The second-order valence-corrected chi connectivity index (χ2v) is 7.45. The Hall–Kier alpha value is -2.88. The number of aromatic nitrogens is 4. The zero-order valence-electron chi connectivity index (χ0n) is 16.7. The highest BCUT2D eigenvalue weighted by Crippen LogP contribution is 2.28. The lowest BCUT2D eigenvalue weighted by molar-refractivity contribution is -0.141. The number of nitrogens with one attached hydrogen (secondary N) is 2. The van der Waals surface area contributed by atoms with Crippen LogP contribution in [-0.2, 0) is 19.3 Å². The molecule has 0 saturated heterocycles. The predicted octanol–water partition coefficient (Wildman–Crippen LogP) is 4.14. The summed E-state index contributed by atoms with van der Waals surface area (Å²) >= 11 is 5.27. The van der Waals surface area contributed by atoms with Crippen molar-refractivity contribution in [1.82, 2.24) is 24.9 Å². The topological polar surface area (TPSA) is 59.7 Å². The highest BCUT2D eigenvalue weighted by molar-refractivity contribution is 7.80. The molecule has 0 aliphatic heterocycles. The summed E-state index contributed by atoms with van der Waals surface area (Å²) in [7, 11) is 0. The van der Waals surface area contributed by atoms with Crippen LogP contribution in [-0.4, -0.2) is 31.2 Å². The van der Waals surface area contributed by atoms with Crippen molar-refractivity contribution in [2.24, 2.45) is 0 Å². The zero-order valence-corrected chi connectivity index (χ0v) is 17.5. The summed E-state index contributed by atoms with van der Waals surface area (Å²) in [5, 5.41) is 14.5. The van der Waals surface area contributed by atoms with Gasteiger partial charge in [0.1, 0.15) is 0 Å². The quantitative estimate of drug-likeness (QED) is 0.431. The third kappa shape index (κ3) is 6.06. The molecule has 2 N–H and O–H groups in total. The van der Waals surface area contributed by atoms with Crippen LogP contribution < -0.4 is 10.6 Å². The SMILES string of the molecule is Cc1ccc(Cn2cc(NC(=S)NCCCn3nc(C(F)(F)F)cc3C)cn2)cc1. The Kier molecular flexibility index (Phi) is 6.76. The van der Waals surface area contributed by atoms with Crippen molar-refractivity contribution in [3.63, 3.8) is 0 Å². The number of hydrogen-bond donors (Lipinski definition) is 2. The normalized spacial score (nSPS) is 11.5. The van der Waals surface area contributed by atoms with E-state index >= 15 is 0 Å².